The van der Waals surface area contributed by atoms with Gasteiger partial charge in [0.25, 0.3) is 0 Å². The smallest absolute Gasteiger partial charge is 0.324 e. The largest absolute Gasteiger partial charge is 0.489 e. The van der Waals surface area contributed by atoms with E-state index in [0.717, 1.165) is 41.3 Å². The minimum atomic E-state index is 0.296. The fraction of sp³-hybridized carbons (Fsp3) is 0.227. The number of ether oxygens (including phenoxy) is 2. The van der Waals surface area contributed by atoms with Gasteiger partial charge in [-0.3, -0.25) is 0 Å². The standard InChI is InChI=1S/C22H22N4O2/c1-3-20-24-19-14-23-22(25-21(19)26(20)4-2)28-18-12-8-11-17(13-18)27-15-16-9-6-5-7-10-16/h5-14H,3-4,15H2,1-2H3. The maximum absolute atomic E-state index is 5.88. The van der Waals surface area contributed by atoms with Crippen molar-refractivity contribution in [3.63, 3.8) is 0 Å². The Hall–Kier alpha value is -3.41. The molecule has 142 valence electrons. The molecule has 2 heterocycles. The summed E-state index contributed by atoms with van der Waals surface area (Å²) in [6.07, 6.45) is 2.56. The van der Waals surface area contributed by atoms with Crippen LogP contribution < -0.4 is 9.47 Å². The summed E-state index contributed by atoms with van der Waals surface area (Å²) >= 11 is 0. The molecule has 2 aromatic heterocycles. The molecule has 6 heteroatoms. The average molecular weight is 374 g/mol. The van der Waals surface area contributed by atoms with Crippen LogP contribution in [0.1, 0.15) is 25.2 Å². The van der Waals surface area contributed by atoms with Gasteiger partial charge in [-0.2, -0.15) is 4.98 Å². The summed E-state index contributed by atoms with van der Waals surface area (Å²) in [5, 5.41) is 0. The molecule has 0 bridgehead atoms. The van der Waals surface area contributed by atoms with Crippen LogP contribution in [0.25, 0.3) is 11.2 Å². The molecule has 2 aromatic carbocycles. The minimum Gasteiger partial charge on any atom is -0.489 e. The highest BCUT2D eigenvalue weighted by molar-refractivity contribution is 5.70. The quantitative estimate of drug-likeness (QED) is 0.466. The predicted octanol–water partition coefficient (Wildman–Crippen LogP) is 4.78. The van der Waals surface area contributed by atoms with Gasteiger partial charge in [0.2, 0.25) is 0 Å². The highest BCUT2D eigenvalue weighted by Gasteiger charge is 2.12. The van der Waals surface area contributed by atoms with Gasteiger partial charge in [-0.25, -0.2) is 9.97 Å². The maximum atomic E-state index is 5.88. The first-order valence-corrected chi connectivity index (χ1v) is 9.43. The second-order valence-corrected chi connectivity index (χ2v) is 6.34. The van der Waals surface area contributed by atoms with E-state index in [1.54, 1.807) is 6.20 Å². The fourth-order valence-electron chi connectivity index (χ4n) is 3.08. The fourth-order valence-corrected chi connectivity index (χ4v) is 3.08. The number of nitrogens with zero attached hydrogens (tertiary/aromatic N) is 4. The van der Waals surface area contributed by atoms with Crippen molar-refractivity contribution in [3.05, 3.63) is 72.2 Å². The summed E-state index contributed by atoms with van der Waals surface area (Å²) in [6, 6.07) is 17.8. The topological polar surface area (TPSA) is 62.1 Å². The van der Waals surface area contributed by atoms with Crippen molar-refractivity contribution in [2.45, 2.75) is 33.4 Å². The van der Waals surface area contributed by atoms with E-state index in [9.17, 15) is 0 Å². The van der Waals surface area contributed by atoms with Gasteiger partial charge in [0.05, 0.1) is 6.20 Å². The first-order chi connectivity index (χ1) is 13.8. The van der Waals surface area contributed by atoms with Crippen LogP contribution in [-0.2, 0) is 19.6 Å². The van der Waals surface area contributed by atoms with E-state index in [2.05, 4.69) is 33.4 Å². The van der Waals surface area contributed by atoms with Crippen molar-refractivity contribution in [3.8, 4) is 17.5 Å². The number of hydrogen-bond donors (Lipinski definition) is 0. The number of fused-ring (bicyclic) bond motifs is 1. The second kappa shape index (κ2) is 8.08. The van der Waals surface area contributed by atoms with Crippen LogP contribution in [-0.4, -0.2) is 19.5 Å². The molecule has 28 heavy (non-hydrogen) atoms. The van der Waals surface area contributed by atoms with Crippen molar-refractivity contribution in [1.82, 2.24) is 19.5 Å². The molecule has 0 N–H and O–H groups in total. The second-order valence-electron chi connectivity index (χ2n) is 6.34. The Balaban J connectivity index is 1.52. The predicted molar refractivity (Wildman–Crippen MR) is 108 cm³/mol. The summed E-state index contributed by atoms with van der Waals surface area (Å²) in [5.74, 6) is 2.36. The Morgan fingerprint density at radius 3 is 2.54 bits per heavy atom. The molecule has 0 radical (unpaired) electrons. The lowest BCUT2D eigenvalue weighted by Crippen LogP contribution is -2.02. The highest BCUT2D eigenvalue weighted by Crippen LogP contribution is 2.25. The van der Waals surface area contributed by atoms with Gasteiger partial charge < -0.3 is 14.0 Å². The van der Waals surface area contributed by atoms with Gasteiger partial charge >= 0.3 is 6.01 Å². The lowest BCUT2D eigenvalue weighted by Gasteiger charge is -2.09. The zero-order valence-electron chi connectivity index (χ0n) is 16.0. The van der Waals surface area contributed by atoms with E-state index in [1.165, 1.54) is 0 Å². The van der Waals surface area contributed by atoms with Crippen LogP contribution in [0.5, 0.6) is 17.5 Å². The molecule has 4 aromatic rings. The first-order valence-electron chi connectivity index (χ1n) is 9.43. The molecule has 0 saturated heterocycles. The summed E-state index contributed by atoms with van der Waals surface area (Å²) in [5.41, 5.74) is 2.69. The molecule has 0 aliphatic carbocycles. The Labute approximate surface area is 163 Å². The number of hydrogen-bond acceptors (Lipinski definition) is 5. The van der Waals surface area contributed by atoms with Crippen LogP contribution in [0.15, 0.2) is 60.8 Å². The number of rotatable bonds is 7. The highest BCUT2D eigenvalue weighted by atomic mass is 16.5. The number of aryl methyl sites for hydroxylation is 2. The Morgan fingerprint density at radius 2 is 1.75 bits per heavy atom. The number of imidazole rings is 1. The minimum absolute atomic E-state index is 0.296. The SMILES string of the molecule is CCc1nc2cnc(Oc3cccc(OCc4ccccc4)c3)nc2n1CC. The third kappa shape index (κ3) is 3.81. The molecule has 0 atom stereocenters. The van der Waals surface area contributed by atoms with Crippen molar-refractivity contribution >= 4 is 11.2 Å². The molecule has 0 aliphatic heterocycles. The molecular formula is C22H22N4O2. The number of aromatic nitrogens is 4. The van der Waals surface area contributed by atoms with Crippen LogP contribution in [0.2, 0.25) is 0 Å². The molecule has 0 spiro atoms. The molecule has 0 unspecified atom stereocenters. The van der Waals surface area contributed by atoms with E-state index < -0.39 is 0 Å². The first kappa shape index (κ1) is 18.0. The zero-order chi connectivity index (χ0) is 19.3. The molecule has 0 fully saturated rings. The molecule has 0 saturated carbocycles. The van der Waals surface area contributed by atoms with Crippen LogP contribution in [0.3, 0.4) is 0 Å². The van der Waals surface area contributed by atoms with E-state index in [0.29, 0.717) is 18.4 Å². The van der Waals surface area contributed by atoms with Gasteiger partial charge in [-0.15, -0.1) is 0 Å². The van der Waals surface area contributed by atoms with Gasteiger partial charge in [-0.05, 0) is 24.6 Å². The Kier molecular flexibility index (Phi) is 5.19. The monoisotopic (exact) mass is 374 g/mol. The van der Waals surface area contributed by atoms with Gasteiger partial charge in [0, 0.05) is 19.0 Å². The normalized spacial score (nSPS) is 10.9. The van der Waals surface area contributed by atoms with E-state index in [-0.39, 0.29) is 0 Å². The zero-order valence-corrected chi connectivity index (χ0v) is 16.0. The lowest BCUT2D eigenvalue weighted by atomic mass is 10.2. The van der Waals surface area contributed by atoms with Crippen molar-refractivity contribution in [2.75, 3.05) is 0 Å². The maximum Gasteiger partial charge on any atom is 0.324 e. The Bertz CT molecular complexity index is 1080. The van der Waals surface area contributed by atoms with E-state index in [1.807, 2.05) is 54.6 Å². The molecular weight excluding hydrogens is 352 g/mol. The van der Waals surface area contributed by atoms with E-state index in [4.69, 9.17) is 9.47 Å². The average Bonchev–Trinajstić information content (AvgIpc) is 3.10. The van der Waals surface area contributed by atoms with Crippen LogP contribution >= 0.6 is 0 Å². The summed E-state index contributed by atoms with van der Waals surface area (Å²) in [4.78, 5) is 13.4. The lowest BCUT2D eigenvalue weighted by molar-refractivity contribution is 0.304. The molecule has 4 rings (SSSR count). The van der Waals surface area contributed by atoms with Crippen molar-refractivity contribution < 1.29 is 9.47 Å². The van der Waals surface area contributed by atoms with Gasteiger partial charge in [0.1, 0.15) is 29.4 Å². The Morgan fingerprint density at radius 1 is 0.929 bits per heavy atom. The van der Waals surface area contributed by atoms with Crippen molar-refractivity contribution in [2.24, 2.45) is 0 Å². The summed E-state index contributed by atoms with van der Waals surface area (Å²) in [7, 11) is 0. The third-order valence-electron chi connectivity index (χ3n) is 4.44. The van der Waals surface area contributed by atoms with Gasteiger partial charge in [0.15, 0.2) is 5.65 Å². The third-order valence-corrected chi connectivity index (χ3v) is 4.44. The van der Waals surface area contributed by atoms with Crippen molar-refractivity contribution in [1.29, 1.82) is 0 Å². The molecule has 6 nitrogen and oxygen atoms in total. The van der Waals surface area contributed by atoms with E-state index >= 15 is 0 Å². The summed E-state index contributed by atoms with van der Waals surface area (Å²) < 4.78 is 13.8. The molecule has 0 amide bonds. The molecule has 0 aliphatic rings. The summed E-state index contributed by atoms with van der Waals surface area (Å²) in [6.45, 7) is 5.47. The van der Waals surface area contributed by atoms with Crippen LogP contribution in [0.4, 0.5) is 0 Å². The van der Waals surface area contributed by atoms with Gasteiger partial charge in [-0.1, -0.05) is 43.3 Å². The number of benzene rings is 2. The van der Waals surface area contributed by atoms with Crippen LogP contribution in [0, 0.1) is 0 Å².